The first-order chi connectivity index (χ1) is 12.7. The van der Waals surface area contributed by atoms with Crippen molar-refractivity contribution in [2.45, 2.75) is 83.0 Å². The van der Waals surface area contributed by atoms with Gasteiger partial charge < -0.3 is 19.4 Å². The van der Waals surface area contributed by atoms with Crippen molar-refractivity contribution >= 4 is 5.97 Å². The normalized spacial score (nSPS) is 24.2. The molecule has 1 aromatic heterocycles. The van der Waals surface area contributed by atoms with Crippen molar-refractivity contribution in [3.8, 4) is 0 Å². The molecule has 1 aliphatic rings. The SMILES string of the molecule is CC(=CCCc1ccoc1)CC=C[C@@](C)(O)CC[C@@H](O)[C@]1(C)CCC(=O)O1. The summed E-state index contributed by atoms with van der Waals surface area (Å²) >= 11 is 0. The first-order valence-corrected chi connectivity index (χ1v) is 9.67. The van der Waals surface area contributed by atoms with Crippen LogP contribution >= 0.6 is 0 Å². The van der Waals surface area contributed by atoms with E-state index in [1.54, 1.807) is 32.4 Å². The maximum absolute atomic E-state index is 11.3. The lowest BCUT2D eigenvalue weighted by Crippen LogP contribution is -2.40. The van der Waals surface area contributed by atoms with E-state index in [0.29, 0.717) is 25.7 Å². The van der Waals surface area contributed by atoms with Crippen molar-refractivity contribution in [3.05, 3.63) is 48.0 Å². The Morgan fingerprint density at radius 2 is 2.26 bits per heavy atom. The van der Waals surface area contributed by atoms with Crippen molar-refractivity contribution in [1.82, 2.24) is 0 Å². The van der Waals surface area contributed by atoms with Crippen LogP contribution in [0.15, 0.2) is 46.8 Å². The van der Waals surface area contributed by atoms with Crippen LogP contribution in [0.5, 0.6) is 0 Å². The van der Waals surface area contributed by atoms with Gasteiger partial charge in [-0.2, -0.15) is 0 Å². The number of furan rings is 1. The highest BCUT2D eigenvalue weighted by Gasteiger charge is 2.42. The number of ether oxygens (including phenoxy) is 1. The molecule has 2 rings (SSSR count). The van der Waals surface area contributed by atoms with Gasteiger partial charge in [-0.05, 0) is 70.9 Å². The second kappa shape index (κ2) is 9.38. The third-order valence-corrected chi connectivity index (χ3v) is 5.22. The van der Waals surface area contributed by atoms with E-state index in [4.69, 9.17) is 9.15 Å². The Kier molecular flexibility index (Phi) is 7.45. The molecule has 2 N–H and O–H groups in total. The minimum Gasteiger partial charge on any atom is -0.472 e. The van der Waals surface area contributed by atoms with Gasteiger partial charge >= 0.3 is 5.97 Å². The molecule has 3 atom stereocenters. The number of rotatable bonds is 10. The molecular formula is C22H32O5. The van der Waals surface area contributed by atoms with Gasteiger partial charge in [-0.3, -0.25) is 4.79 Å². The van der Waals surface area contributed by atoms with Crippen LogP contribution in [0, 0.1) is 0 Å². The second-order valence-corrected chi connectivity index (χ2v) is 8.03. The first-order valence-electron chi connectivity index (χ1n) is 9.67. The fourth-order valence-corrected chi connectivity index (χ4v) is 3.27. The highest BCUT2D eigenvalue weighted by Crippen LogP contribution is 2.32. The predicted molar refractivity (Wildman–Crippen MR) is 104 cm³/mol. The lowest BCUT2D eigenvalue weighted by atomic mass is 9.88. The average molecular weight is 376 g/mol. The number of carbonyl (C=O) groups is 1. The molecule has 5 heteroatoms. The predicted octanol–water partition coefficient (Wildman–Crippen LogP) is 4.09. The Labute approximate surface area is 161 Å². The Hall–Kier alpha value is -1.85. The minimum atomic E-state index is -1.00. The fraction of sp³-hybridized carbons (Fsp3) is 0.591. The zero-order valence-corrected chi connectivity index (χ0v) is 16.6. The number of hydrogen-bond donors (Lipinski definition) is 2. The van der Waals surface area contributed by atoms with Gasteiger partial charge in [0.25, 0.3) is 0 Å². The summed E-state index contributed by atoms with van der Waals surface area (Å²) in [5, 5.41) is 20.9. The summed E-state index contributed by atoms with van der Waals surface area (Å²) in [5.74, 6) is -0.266. The number of allylic oxidation sites excluding steroid dienone is 3. The highest BCUT2D eigenvalue weighted by atomic mass is 16.6. The molecule has 1 aromatic rings. The number of esters is 1. The van der Waals surface area contributed by atoms with Crippen LogP contribution in [0.3, 0.4) is 0 Å². The summed E-state index contributed by atoms with van der Waals surface area (Å²) in [7, 11) is 0. The zero-order chi connectivity index (χ0) is 19.9. The molecule has 0 amide bonds. The van der Waals surface area contributed by atoms with E-state index in [1.807, 2.05) is 12.1 Å². The van der Waals surface area contributed by atoms with E-state index in [1.165, 1.54) is 11.1 Å². The maximum Gasteiger partial charge on any atom is 0.306 e. The number of carbonyl (C=O) groups excluding carboxylic acids is 1. The minimum absolute atomic E-state index is 0.266. The van der Waals surface area contributed by atoms with Gasteiger partial charge in [0.15, 0.2) is 0 Å². The average Bonchev–Trinajstić information content (AvgIpc) is 3.23. The Morgan fingerprint density at radius 3 is 2.89 bits per heavy atom. The van der Waals surface area contributed by atoms with E-state index in [2.05, 4.69) is 13.0 Å². The Bertz CT molecular complexity index is 656. The molecule has 0 aliphatic carbocycles. The summed E-state index contributed by atoms with van der Waals surface area (Å²) in [4.78, 5) is 11.3. The molecular weight excluding hydrogens is 344 g/mol. The molecule has 0 aromatic carbocycles. The van der Waals surface area contributed by atoms with E-state index < -0.39 is 17.3 Å². The largest absolute Gasteiger partial charge is 0.472 e. The van der Waals surface area contributed by atoms with Crippen LogP contribution in [0.2, 0.25) is 0 Å². The van der Waals surface area contributed by atoms with Gasteiger partial charge in [0, 0.05) is 6.42 Å². The van der Waals surface area contributed by atoms with Crippen LogP contribution in [-0.4, -0.2) is 33.5 Å². The van der Waals surface area contributed by atoms with Crippen molar-refractivity contribution in [2.75, 3.05) is 0 Å². The number of aryl methyl sites for hydroxylation is 1. The third-order valence-electron chi connectivity index (χ3n) is 5.22. The van der Waals surface area contributed by atoms with E-state index >= 15 is 0 Å². The summed E-state index contributed by atoms with van der Waals surface area (Å²) in [6.45, 7) is 5.56. The number of aliphatic hydroxyl groups excluding tert-OH is 1. The molecule has 5 nitrogen and oxygen atoms in total. The molecule has 0 spiro atoms. The van der Waals surface area contributed by atoms with Crippen LogP contribution in [0.1, 0.15) is 64.9 Å². The summed E-state index contributed by atoms with van der Waals surface area (Å²) in [6.07, 6.45) is 13.0. The molecule has 1 fully saturated rings. The maximum atomic E-state index is 11.3. The van der Waals surface area contributed by atoms with Gasteiger partial charge in [-0.25, -0.2) is 0 Å². The van der Waals surface area contributed by atoms with E-state index in [0.717, 1.165) is 19.3 Å². The van der Waals surface area contributed by atoms with Crippen LogP contribution in [0.25, 0.3) is 0 Å². The quantitative estimate of drug-likeness (QED) is 0.475. The summed E-state index contributed by atoms with van der Waals surface area (Å²) in [6, 6.07) is 1.97. The smallest absolute Gasteiger partial charge is 0.306 e. The zero-order valence-electron chi connectivity index (χ0n) is 16.6. The molecule has 150 valence electrons. The third kappa shape index (κ3) is 7.00. The topological polar surface area (TPSA) is 79.9 Å². The van der Waals surface area contributed by atoms with Gasteiger partial charge in [0.05, 0.1) is 24.2 Å². The Morgan fingerprint density at radius 1 is 1.48 bits per heavy atom. The molecule has 0 saturated carbocycles. The van der Waals surface area contributed by atoms with Gasteiger partial charge in [-0.1, -0.05) is 23.8 Å². The molecule has 2 heterocycles. The monoisotopic (exact) mass is 376 g/mol. The highest BCUT2D eigenvalue weighted by molar-refractivity contribution is 5.72. The van der Waals surface area contributed by atoms with Crippen LogP contribution in [0.4, 0.5) is 0 Å². The molecule has 0 radical (unpaired) electrons. The van der Waals surface area contributed by atoms with Crippen LogP contribution in [-0.2, 0) is 16.0 Å². The first kappa shape index (κ1) is 21.5. The molecule has 1 aliphatic heterocycles. The fourth-order valence-electron chi connectivity index (χ4n) is 3.27. The standard InChI is InChI=1S/C22H32O5/c1-17(6-4-8-18-11-15-26-16-18)7-5-12-21(2,25)13-9-19(23)22(3)14-10-20(24)27-22/h5-6,11-12,15-16,19,23,25H,4,7-10,13-14H2,1-3H3/t19-,21-,22+/m1/s1. The number of hydrogen-bond acceptors (Lipinski definition) is 5. The van der Waals surface area contributed by atoms with Gasteiger partial charge in [0.1, 0.15) is 5.60 Å². The molecule has 0 unspecified atom stereocenters. The van der Waals surface area contributed by atoms with Crippen molar-refractivity contribution in [1.29, 1.82) is 0 Å². The second-order valence-electron chi connectivity index (χ2n) is 8.03. The van der Waals surface area contributed by atoms with Crippen molar-refractivity contribution in [2.24, 2.45) is 0 Å². The molecule has 0 bridgehead atoms. The number of aliphatic hydroxyl groups is 2. The number of cyclic esters (lactones) is 1. The molecule has 1 saturated heterocycles. The summed E-state index contributed by atoms with van der Waals surface area (Å²) in [5.41, 5.74) is 0.607. The van der Waals surface area contributed by atoms with Crippen LogP contribution < -0.4 is 0 Å². The lowest BCUT2D eigenvalue weighted by Gasteiger charge is -2.30. The van der Waals surface area contributed by atoms with Crippen molar-refractivity contribution < 1.29 is 24.2 Å². The lowest BCUT2D eigenvalue weighted by molar-refractivity contribution is -0.156. The van der Waals surface area contributed by atoms with E-state index in [-0.39, 0.29) is 5.97 Å². The van der Waals surface area contributed by atoms with Crippen molar-refractivity contribution in [3.63, 3.8) is 0 Å². The summed E-state index contributed by atoms with van der Waals surface area (Å²) < 4.78 is 10.3. The van der Waals surface area contributed by atoms with Gasteiger partial charge in [-0.15, -0.1) is 0 Å². The van der Waals surface area contributed by atoms with Gasteiger partial charge in [0.2, 0.25) is 0 Å². The molecule has 27 heavy (non-hydrogen) atoms. The Balaban J connectivity index is 1.73. The van der Waals surface area contributed by atoms with E-state index in [9.17, 15) is 15.0 Å².